The van der Waals surface area contributed by atoms with Crippen LogP contribution >= 0.6 is 0 Å². The van der Waals surface area contributed by atoms with Crippen molar-refractivity contribution < 1.29 is 13.5 Å². The van der Waals surface area contributed by atoms with Gasteiger partial charge in [-0.2, -0.15) is 4.98 Å². The lowest BCUT2D eigenvalue weighted by molar-refractivity contribution is 0.285. The molecule has 1 saturated heterocycles. The Morgan fingerprint density at radius 2 is 2.17 bits per heavy atom. The van der Waals surface area contributed by atoms with Gasteiger partial charge in [-0.15, -0.1) is 0 Å². The van der Waals surface area contributed by atoms with Crippen LogP contribution in [0.5, 0.6) is 5.88 Å². The highest BCUT2D eigenvalue weighted by molar-refractivity contribution is 5.48. The van der Waals surface area contributed by atoms with Crippen molar-refractivity contribution >= 4 is 5.82 Å². The lowest BCUT2D eigenvalue weighted by Gasteiger charge is -2.17. The van der Waals surface area contributed by atoms with E-state index in [0.29, 0.717) is 12.6 Å². The molecule has 7 heteroatoms. The molecule has 2 aromatic rings. The SMILES string of the molecule is O=c1nc(OCc2ccc(F)cc2F)cc2n1C[C@@H]1CCCN21. The minimum Gasteiger partial charge on any atom is -0.472 e. The molecule has 120 valence electrons. The Hall–Kier alpha value is -2.44. The van der Waals surface area contributed by atoms with Crippen LogP contribution in [0.4, 0.5) is 14.6 Å². The van der Waals surface area contributed by atoms with E-state index < -0.39 is 11.6 Å². The number of halogens is 2. The van der Waals surface area contributed by atoms with Crippen molar-refractivity contribution in [2.75, 3.05) is 11.4 Å². The first kappa shape index (κ1) is 14.2. The van der Waals surface area contributed by atoms with E-state index in [1.807, 2.05) is 0 Å². The number of nitrogens with zero attached hydrogens (tertiary/aromatic N) is 3. The smallest absolute Gasteiger partial charge is 0.352 e. The topological polar surface area (TPSA) is 47.4 Å². The number of hydrogen-bond acceptors (Lipinski definition) is 4. The van der Waals surface area contributed by atoms with Crippen molar-refractivity contribution in [2.24, 2.45) is 0 Å². The molecule has 1 aromatic carbocycles. The Kier molecular flexibility index (Phi) is 3.28. The Bertz CT molecular complexity index is 821. The largest absolute Gasteiger partial charge is 0.472 e. The number of rotatable bonds is 3. The summed E-state index contributed by atoms with van der Waals surface area (Å²) in [5.41, 5.74) is -0.140. The van der Waals surface area contributed by atoms with Gasteiger partial charge in [0.05, 0.1) is 0 Å². The van der Waals surface area contributed by atoms with Crippen molar-refractivity contribution in [1.82, 2.24) is 9.55 Å². The molecular formula is C16H15F2N3O2. The van der Waals surface area contributed by atoms with Gasteiger partial charge in [-0.1, -0.05) is 0 Å². The molecule has 0 amide bonds. The Balaban J connectivity index is 1.57. The van der Waals surface area contributed by atoms with Crippen LogP contribution in [0.1, 0.15) is 18.4 Å². The van der Waals surface area contributed by atoms with Gasteiger partial charge in [0, 0.05) is 36.8 Å². The second-order valence-electron chi connectivity index (χ2n) is 5.86. The summed E-state index contributed by atoms with van der Waals surface area (Å²) >= 11 is 0. The molecule has 0 saturated carbocycles. The molecule has 0 bridgehead atoms. The summed E-state index contributed by atoms with van der Waals surface area (Å²) in [7, 11) is 0. The quantitative estimate of drug-likeness (QED) is 0.869. The van der Waals surface area contributed by atoms with Gasteiger partial charge in [-0.3, -0.25) is 4.57 Å². The molecule has 3 heterocycles. The molecule has 5 nitrogen and oxygen atoms in total. The maximum atomic E-state index is 13.6. The van der Waals surface area contributed by atoms with Gasteiger partial charge in [0.15, 0.2) is 0 Å². The van der Waals surface area contributed by atoms with E-state index >= 15 is 0 Å². The van der Waals surface area contributed by atoms with E-state index in [0.717, 1.165) is 31.3 Å². The molecule has 2 aliphatic heterocycles. The minimum absolute atomic E-state index is 0.106. The number of hydrogen-bond donors (Lipinski definition) is 0. The summed E-state index contributed by atoms with van der Waals surface area (Å²) in [6, 6.07) is 5.37. The fourth-order valence-electron chi connectivity index (χ4n) is 3.29. The highest BCUT2D eigenvalue weighted by Crippen LogP contribution is 2.32. The van der Waals surface area contributed by atoms with Gasteiger partial charge in [0.2, 0.25) is 5.88 Å². The third-order valence-corrected chi connectivity index (χ3v) is 4.42. The number of benzene rings is 1. The highest BCUT2D eigenvalue weighted by atomic mass is 19.1. The summed E-state index contributed by atoms with van der Waals surface area (Å²) in [4.78, 5) is 18.2. The maximum absolute atomic E-state index is 13.6. The molecular weight excluding hydrogens is 304 g/mol. The maximum Gasteiger partial charge on any atom is 0.352 e. The van der Waals surface area contributed by atoms with E-state index in [-0.39, 0.29) is 23.7 Å². The molecule has 23 heavy (non-hydrogen) atoms. The van der Waals surface area contributed by atoms with Gasteiger partial charge in [-0.25, -0.2) is 13.6 Å². The predicted octanol–water partition coefficient (Wildman–Crippen LogP) is 2.08. The molecule has 1 atom stereocenters. The molecule has 0 radical (unpaired) electrons. The lowest BCUT2D eigenvalue weighted by Crippen LogP contribution is -2.24. The summed E-state index contributed by atoms with van der Waals surface area (Å²) in [5, 5.41) is 0. The predicted molar refractivity (Wildman–Crippen MR) is 79.6 cm³/mol. The number of ether oxygens (including phenoxy) is 1. The van der Waals surface area contributed by atoms with Crippen LogP contribution in [0.15, 0.2) is 29.1 Å². The third kappa shape index (κ3) is 2.46. The van der Waals surface area contributed by atoms with Crippen molar-refractivity contribution in [3.8, 4) is 5.88 Å². The van der Waals surface area contributed by atoms with E-state index in [2.05, 4.69) is 9.88 Å². The van der Waals surface area contributed by atoms with E-state index in [1.165, 1.54) is 12.1 Å². The van der Waals surface area contributed by atoms with Crippen LogP contribution in [0.3, 0.4) is 0 Å². The first-order valence-electron chi connectivity index (χ1n) is 7.57. The standard InChI is InChI=1S/C16H15F2N3O2/c17-11-4-3-10(13(18)6-11)9-23-14-7-15-20-5-1-2-12(20)8-21(15)16(22)19-14/h3-4,6-7,12H,1-2,5,8-9H2/t12-/m0/s1. The minimum atomic E-state index is -0.678. The van der Waals surface area contributed by atoms with Crippen molar-refractivity contribution in [3.05, 3.63) is 51.9 Å². The number of aromatic nitrogens is 2. The molecule has 1 fully saturated rings. The molecule has 0 spiro atoms. The van der Waals surface area contributed by atoms with Gasteiger partial charge in [0.25, 0.3) is 0 Å². The van der Waals surface area contributed by atoms with E-state index in [9.17, 15) is 13.6 Å². The summed E-state index contributed by atoms with van der Waals surface area (Å²) in [5.74, 6) is -0.345. The Morgan fingerprint density at radius 1 is 1.30 bits per heavy atom. The van der Waals surface area contributed by atoms with Crippen LogP contribution in [0.25, 0.3) is 0 Å². The average Bonchev–Trinajstić information content (AvgIpc) is 3.08. The summed E-state index contributed by atoms with van der Waals surface area (Å²) in [6.07, 6.45) is 2.18. The van der Waals surface area contributed by atoms with Gasteiger partial charge < -0.3 is 9.64 Å². The first-order chi connectivity index (χ1) is 11.1. The van der Waals surface area contributed by atoms with Crippen molar-refractivity contribution in [3.63, 3.8) is 0 Å². The summed E-state index contributed by atoms with van der Waals surface area (Å²) in [6.45, 7) is 1.47. The zero-order chi connectivity index (χ0) is 16.0. The Morgan fingerprint density at radius 3 is 3.00 bits per heavy atom. The zero-order valence-corrected chi connectivity index (χ0v) is 12.3. The summed E-state index contributed by atoms with van der Waals surface area (Å²) < 4.78 is 33.6. The third-order valence-electron chi connectivity index (χ3n) is 4.42. The van der Waals surface area contributed by atoms with Crippen molar-refractivity contribution in [1.29, 1.82) is 0 Å². The first-order valence-corrected chi connectivity index (χ1v) is 7.57. The van der Waals surface area contributed by atoms with Crippen LogP contribution in [-0.2, 0) is 13.2 Å². The van der Waals surface area contributed by atoms with E-state index in [1.54, 1.807) is 10.6 Å². The molecule has 0 N–H and O–H groups in total. The van der Waals surface area contributed by atoms with Gasteiger partial charge in [0.1, 0.15) is 24.1 Å². The molecule has 4 rings (SSSR count). The molecule has 1 aromatic heterocycles. The van der Waals surface area contributed by atoms with Crippen LogP contribution in [0.2, 0.25) is 0 Å². The molecule has 2 aliphatic rings. The lowest BCUT2D eigenvalue weighted by atomic mass is 10.2. The second-order valence-corrected chi connectivity index (χ2v) is 5.86. The Labute approximate surface area is 131 Å². The van der Waals surface area contributed by atoms with Crippen LogP contribution in [0, 0.1) is 11.6 Å². The second kappa shape index (κ2) is 5.33. The fraction of sp³-hybridized carbons (Fsp3) is 0.375. The zero-order valence-electron chi connectivity index (χ0n) is 12.3. The normalized spacial score (nSPS) is 18.9. The highest BCUT2D eigenvalue weighted by Gasteiger charge is 2.34. The van der Waals surface area contributed by atoms with Crippen LogP contribution in [-0.4, -0.2) is 22.1 Å². The van der Waals surface area contributed by atoms with Crippen LogP contribution < -0.4 is 15.3 Å². The average molecular weight is 319 g/mol. The monoisotopic (exact) mass is 319 g/mol. The number of anilines is 1. The fourth-order valence-corrected chi connectivity index (χ4v) is 3.29. The van der Waals surface area contributed by atoms with Gasteiger partial charge in [-0.05, 0) is 25.0 Å². The van der Waals surface area contributed by atoms with E-state index in [4.69, 9.17) is 4.74 Å². The number of fused-ring (bicyclic) bond motifs is 3. The van der Waals surface area contributed by atoms with Gasteiger partial charge >= 0.3 is 5.69 Å². The molecule has 0 aliphatic carbocycles. The van der Waals surface area contributed by atoms with Crippen molar-refractivity contribution in [2.45, 2.75) is 32.0 Å². The molecule has 0 unspecified atom stereocenters.